The van der Waals surface area contributed by atoms with Crippen LogP contribution in [-0.2, 0) is 11.5 Å². The molecular formula is C21H18N2OS2. The Hall–Kier alpha value is -2.37. The summed E-state index contributed by atoms with van der Waals surface area (Å²) >= 11 is 3.29. The highest BCUT2D eigenvalue weighted by atomic mass is 32.2. The van der Waals surface area contributed by atoms with Crippen molar-refractivity contribution in [1.82, 2.24) is 9.97 Å². The molecule has 0 unspecified atom stereocenters. The number of hydrogen-bond acceptors (Lipinski definition) is 4. The predicted molar refractivity (Wildman–Crippen MR) is 112 cm³/mol. The minimum atomic E-state index is -0.0546. The average molecular weight is 379 g/mol. The van der Waals surface area contributed by atoms with Gasteiger partial charge in [0.25, 0.3) is 5.56 Å². The second kappa shape index (κ2) is 7.48. The number of fused-ring (bicyclic) bond motifs is 1. The first-order valence-corrected chi connectivity index (χ1v) is 10.4. The van der Waals surface area contributed by atoms with Gasteiger partial charge in [-0.1, -0.05) is 60.2 Å². The van der Waals surface area contributed by atoms with Crippen LogP contribution in [0, 0.1) is 6.92 Å². The van der Waals surface area contributed by atoms with Crippen LogP contribution in [0.15, 0.2) is 64.8 Å². The molecule has 0 bridgehead atoms. The normalized spacial score (nSPS) is 11.1. The SMILES string of the molecule is Cc1ccc(CSCc2nc3scc(-c4ccccc4)c3c(=O)[nH]2)cc1. The molecule has 1 N–H and O–H groups in total. The van der Waals surface area contributed by atoms with Crippen LogP contribution >= 0.6 is 23.1 Å². The number of aromatic amines is 1. The lowest BCUT2D eigenvalue weighted by molar-refractivity contribution is 1.04. The molecule has 0 aliphatic carbocycles. The van der Waals surface area contributed by atoms with E-state index in [0.29, 0.717) is 11.1 Å². The summed E-state index contributed by atoms with van der Waals surface area (Å²) in [6.45, 7) is 2.09. The molecule has 4 aromatic rings. The van der Waals surface area contributed by atoms with E-state index in [1.165, 1.54) is 22.5 Å². The molecule has 0 saturated heterocycles. The number of aromatic nitrogens is 2. The molecule has 0 aliphatic heterocycles. The van der Waals surface area contributed by atoms with Crippen molar-refractivity contribution in [3.63, 3.8) is 0 Å². The number of benzene rings is 2. The van der Waals surface area contributed by atoms with E-state index in [4.69, 9.17) is 0 Å². The second-order valence-electron chi connectivity index (χ2n) is 6.19. The first-order chi connectivity index (χ1) is 12.7. The Morgan fingerprint density at radius 1 is 1.04 bits per heavy atom. The number of H-pyrrole nitrogens is 1. The van der Waals surface area contributed by atoms with Gasteiger partial charge in [-0.05, 0) is 18.1 Å². The number of rotatable bonds is 5. The Bertz CT molecular complexity index is 1080. The van der Waals surface area contributed by atoms with Gasteiger partial charge >= 0.3 is 0 Å². The maximum absolute atomic E-state index is 12.6. The van der Waals surface area contributed by atoms with E-state index in [-0.39, 0.29) is 5.56 Å². The number of hydrogen-bond donors (Lipinski definition) is 1. The molecule has 0 aliphatic rings. The maximum Gasteiger partial charge on any atom is 0.260 e. The first kappa shape index (κ1) is 17.1. The highest BCUT2D eigenvalue weighted by Crippen LogP contribution is 2.30. The highest BCUT2D eigenvalue weighted by Gasteiger charge is 2.12. The molecule has 4 rings (SSSR count). The lowest BCUT2D eigenvalue weighted by atomic mass is 10.1. The monoisotopic (exact) mass is 378 g/mol. The van der Waals surface area contributed by atoms with Gasteiger partial charge in [0.2, 0.25) is 0 Å². The van der Waals surface area contributed by atoms with Gasteiger partial charge in [-0.3, -0.25) is 4.79 Å². The second-order valence-corrected chi connectivity index (χ2v) is 8.03. The van der Waals surface area contributed by atoms with Crippen molar-refractivity contribution in [1.29, 1.82) is 0 Å². The third-order valence-corrected chi connectivity index (χ3v) is 6.09. The van der Waals surface area contributed by atoms with Crippen molar-refractivity contribution in [2.45, 2.75) is 18.4 Å². The predicted octanol–water partition coefficient (Wildman–Crippen LogP) is 5.39. The molecule has 26 heavy (non-hydrogen) atoms. The van der Waals surface area contributed by atoms with Gasteiger partial charge < -0.3 is 4.98 Å². The average Bonchev–Trinajstić information content (AvgIpc) is 3.09. The van der Waals surface area contributed by atoms with E-state index >= 15 is 0 Å². The van der Waals surface area contributed by atoms with Crippen LogP contribution in [0.3, 0.4) is 0 Å². The molecule has 2 heterocycles. The molecule has 2 aromatic carbocycles. The van der Waals surface area contributed by atoms with Crippen molar-refractivity contribution in [3.8, 4) is 11.1 Å². The van der Waals surface area contributed by atoms with Crippen molar-refractivity contribution in [2.75, 3.05) is 0 Å². The molecular weight excluding hydrogens is 360 g/mol. The van der Waals surface area contributed by atoms with Crippen molar-refractivity contribution >= 4 is 33.3 Å². The number of thioether (sulfide) groups is 1. The van der Waals surface area contributed by atoms with Crippen LogP contribution in [0.4, 0.5) is 0 Å². The highest BCUT2D eigenvalue weighted by molar-refractivity contribution is 7.97. The zero-order valence-corrected chi connectivity index (χ0v) is 16.0. The maximum atomic E-state index is 12.6. The smallest absolute Gasteiger partial charge is 0.260 e. The third-order valence-electron chi connectivity index (χ3n) is 4.21. The Morgan fingerprint density at radius 3 is 2.58 bits per heavy atom. The summed E-state index contributed by atoms with van der Waals surface area (Å²) in [5, 5.41) is 2.71. The van der Waals surface area contributed by atoms with Crippen LogP contribution in [0.2, 0.25) is 0 Å². The Kier molecular flexibility index (Phi) is 4.91. The lowest BCUT2D eigenvalue weighted by Crippen LogP contribution is -2.10. The summed E-state index contributed by atoms with van der Waals surface area (Å²) in [5.74, 6) is 2.33. The van der Waals surface area contributed by atoms with E-state index in [9.17, 15) is 4.79 Å². The molecule has 0 saturated carbocycles. The van der Waals surface area contributed by atoms with Gasteiger partial charge in [0.15, 0.2) is 0 Å². The topological polar surface area (TPSA) is 45.8 Å². The number of aryl methyl sites for hydroxylation is 1. The summed E-state index contributed by atoms with van der Waals surface area (Å²) < 4.78 is 0. The first-order valence-electron chi connectivity index (χ1n) is 8.40. The zero-order chi connectivity index (χ0) is 17.9. The quantitative estimate of drug-likeness (QED) is 0.506. The van der Waals surface area contributed by atoms with Crippen molar-refractivity contribution in [3.05, 3.63) is 87.3 Å². The van der Waals surface area contributed by atoms with Crippen molar-refractivity contribution < 1.29 is 0 Å². The summed E-state index contributed by atoms with van der Waals surface area (Å²) in [6.07, 6.45) is 0. The third kappa shape index (κ3) is 3.59. The van der Waals surface area contributed by atoms with Gasteiger partial charge in [0.05, 0.1) is 11.1 Å². The molecule has 3 nitrogen and oxygen atoms in total. The van der Waals surface area contributed by atoms with Crippen molar-refractivity contribution in [2.24, 2.45) is 0 Å². The molecule has 2 aromatic heterocycles. The van der Waals surface area contributed by atoms with Crippen LogP contribution in [0.1, 0.15) is 17.0 Å². The minimum Gasteiger partial charge on any atom is -0.309 e. The number of nitrogens with one attached hydrogen (secondary N) is 1. The molecule has 0 amide bonds. The zero-order valence-electron chi connectivity index (χ0n) is 14.4. The van der Waals surface area contributed by atoms with E-state index in [1.807, 2.05) is 35.7 Å². The Morgan fingerprint density at radius 2 is 1.81 bits per heavy atom. The van der Waals surface area contributed by atoms with E-state index < -0.39 is 0 Å². The van der Waals surface area contributed by atoms with Crippen LogP contribution in [-0.4, -0.2) is 9.97 Å². The Labute approximate surface area is 160 Å². The molecule has 0 spiro atoms. The Balaban J connectivity index is 1.54. The van der Waals surface area contributed by atoms with Gasteiger partial charge in [-0.2, -0.15) is 0 Å². The van der Waals surface area contributed by atoms with Gasteiger partial charge in [-0.25, -0.2) is 4.98 Å². The van der Waals surface area contributed by atoms with Crippen LogP contribution in [0.25, 0.3) is 21.3 Å². The fourth-order valence-corrected chi connectivity index (χ4v) is 4.67. The summed E-state index contributed by atoms with van der Waals surface area (Å²) in [6, 6.07) is 18.5. The molecule has 5 heteroatoms. The molecule has 0 radical (unpaired) electrons. The number of thiophene rings is 1. The summed E-state index contributed by atoms with van der Waals surface area (Å²) in [4.78, 5) is 21.1. The molecule has 0 atom stereocenters. The molecule has 0 fully saturated rings. The lowest BCUT2D eigenvalue weighted by Gasteiger charge is -2.04. The van der Waals surface area contributed by atoms with Gasteiger partial charge in [0.1, 0.15) is 10.7 Å². The fourth-order valence-electron chi connectivity index (χ4n) is 2.84. The molecule has 130 valence electrons. The van der Waals surface area contributed by atoms with E-state index in [0.717, 1.165) is 27.5 Å². The van der Waals surface area contributed by atoms with Gasteiger partial charge in [0, 0.05) is 16.7 Å². The van der Waals surface area contributed by atoms with E-state index in [1.54, 1.807) is 11.8 Å². The fraction of sp³-hybridized carbons (Fsp3) is 0.143. The van der Waals surface area contributed by atoms with Gasteiger partial charge in [-0.15, -0.1) is 23.1 Å². The van der Waals surface area contributed by atoms with E-state index in [2.05, 4.69) is 41.2 Å². The number of nitrogens with zero attached hydrogens (tertiary/aromatic N) is 1. The largest absolute Gasteiger partial charge is 0.309 e. The summed E-state index contributed by atoms with van der Waals surface area (Å²) in [5.41, 5.74) is 4.50. The van der Waals surface area contributed by atoms with Crippen LogP contribution < -0.4 is 5.56 Å². The standard InChI is InChI=1S/C21H18N2OS2/c1-14-7-9-15(10-8-14)11-25-13-18-22-20(24)19-17(12-26-21(19)23-18)16-5-3-2-4-6-16/h2-10,12H,11,13H2,1H3,(H,22,23,24). The van der Waals surface area contributed by atoms with Crippen LogP contribution in [0.5, 0.6) is 0 Å². The minimum absolute atomic E-state index is 0.0546. The summed E-state index contributed by atoms with van der Waals surface area (Å²) in [7, 11) is 0.